The molecule has 1 heterocycles. The molecule has 1 unspecified atom stereocenters. The van der Waals surface area contributed by atoms with E-state index in [-0.39, 0.29) is 4.75 Å². The molecule has 3 nitrogen and oxygen atoms in total. The maximum atomic E-state index is 12.1. The van der Waals surface area contributed by atoms with Crippen molar-refractivity contribution in [2.75, 3.05) is 17.2 Å². The van der Waals surface area contributed by atoms with Crippen LogP contribution in [0.1, 0.15) is 31.9 Å². The lowest BCUT2D eigenvalue weighted by Crippen LogP contribution is -2.28. The number of rotatable bonds is 4. The fourth-order valence-corrected chi connectivity index (χ4v) is 4.17. The van der Waals surface area contributed by atoms with Crippen LogP contribution in [0.25, 0.3) is 0 Å². The smallest absolute Gasteiger partial charge is 0.144 e. The molecule has 1 aliphatic rings. The predicted molar refractivity (Wildman–Crippen MR) is 110 cm³/mol. The van der Waals surface area contributed by atoms with Crippen LogP contribution in [0, 0.1) is 0 Å². The summed E-state index contributed by atoms with van der Waals surface area (Å²) >= 11 is 0.665. The van der Waals surface area contributed by atoms with Gasteiger partial charge in [0, 0.05) is 23.7 Å². The zero-order valence-electron chi connectivity index (χ0n) is 14.9. The lowest BCUT2D eigenvalue weighted by atomic mass is 10.1. The fourth-order valence-electron chi connectivity index (χ4n) is 2.61. The summed E-state index contributed by atoms with van der Waals surface area (Å²) in [7, 11) is 0. The van der Waals surface area contributed by atoms with Gasteiger partial charge < -0.3 is 9.45 Å². The third kappa shape index (κ3) is 4.81. The van der Waals surface area contributed by atoms with Crippen molar-refractivity contribution < 1.29 is 4.55 Å². The van der Waals surface area contributed by atoms with Gasteiger partial charge in [-0.1, -0.05) is 40.8 Å². The molecular weight excluding hydrogens is 348 g/mol. The molecule has 0 saturated heterocycles. The summed E-state index contributed by atoms with van der Waals surface area (Å²) in [5.41, 5.74) is 3.55. The molecular formula is C20H24N2OS2. The van der Waals surface area contributed by atoms with Crippen molar-refractivity contribution in [1.29, 1.82) is 0 Å². The normalized spacial score (nSPS) is 16.1. The Morgan fingerprint density at radius 3 is 2.68 bits per heavy atom. The van der Waals surface area contributed by atoms with Gasteiger partial charge in [0.2, 0.25) is 0 Å². The molecule has 0 fully saturated rings. The highest BCUT2D eigenvalue weighted by Gasteiger charge is 2.26. The molecule has 0 aromatic heterocycles. The summed E-state index contributed by atoms with van der Waals surface area (Å²) in [5, 5.41) is 0. The Labute approximate surface area is 157 Å². The number of nitrogens with zero attached hydrogens (tertiary/aromatic N) is 2. The monoisotopic (exact) mass is 372 g/mol. The number of thioether (sulfide) groups is 1. The molecule has 0 amide bonds. The van der Waals surface area contributed by atoms with Crippen molar-refractivity contribution in [2.24, 2.45) is 4.40 Å². The van der Waals surface area contributed by atoms with Gasteiger partial charge in [-0.3, -0.25) is 0 Å². The Hall–Kier alpha value is -1.43. The maximum absolute atomic E-state index is 12.1. The van der Waals surface area contributed by atoms with Gasteiger partial charge in [0.05, 0.1) is 11.9 Å². The molecule has 0 aliphatic carbocycles. The molecule has 0 spiro atoms. The van der Waals surface area contributed by atoms with Crippen molar-refractivity contribution in [1.82, 2.24) is 0 Å². The van der Waals surface area contributed by atoms with Gasteiger partial charge in [-0.05, 0) is 44.0 Å². The Morgan fingerprint density at radius 2 is 1.96 bits per heavy atom. The molecule has 0 radical (unpaired) electrons. The minimum atomic E-state index is -1.23. The standard InChI is InChI=1S/C20H24N2OS2/c1-20(2,3)25(23)21-14-17-9-10-19-18(13-17)22(11-12-24-19)15-16-7-5-4-6-8-16/h4-10,13-14H,11-12,15H2,1-3H3. The van der Waals surface area contributed by atoms with Gasteiger partial charge in [-0.15, -0.1) is 11.8 Å². The third-order valence-corrected chi connectivity index (χ3v) is 6.37. The van der Waals surface area contributed by atoms with Crippen LogP contribution in [0.15, 0.2) is 57.8 Å². The Balaban J connectivity index is 1.82. The highest BCUT2D eigenvalue weighted by molar-refractivity contribution is 7.99. The summed E-state index contributed by atoms with van der Waals surface area (Å²) in [5.74, 6) is 1.10. The zero-order valence-corrected chi connectivity index (χ0v) is 16.6. The summed E-state index contributed by atoms with van der Waals surface area (Å²) in [4.78, 5) is 3.72. The fraction of sp³-hybridized carbons (Fsp3) is 0.350. The first-order valence-electron chi connectivity index (χ1n) is 8.45. The van der Waals surface area contributed by atoms with Crippen LogP contribution in [0.2, 0.25) is 0 Å². The molecule has 1 atom stereocenters. The second kappa shape index (κ2) is 7.85. The van der Waals surface area contributed by atoms with E-state index in [2.05, 4.69) is 51.8 Å². The van der Waals surface area contributed by atoms with Gasteiger partial charge in [-0.25, -0.2) is 0 Å². The largest absolute Gasteiger partial charge is 0.591 e. The van der Waals surface area contributed by atoms with Gasteiger partial charge in [0.15, 0.2) is 0 Å². The van der Waals surface area contributed by atoms with E-state index in [0.717, 1.165) is 24.4 Å². The number of anilines is 1. The zero-order chi connectivity index (χ0) is 17.9. The molecule has 1 aliphatic heterocycles. The summed E-state index contributed by atoms with van der Waals surface area (Å²) in [6.45, 7) is 7.74. The number of fused-ring (bicyclic) bond motifs is 1. The second-order valence-corrected chi connectivity index (χ2v) is 10.1. The van der Waals surface area contributed by atoms with Crippen molar-refractivity contribution >= 4 is 35.0 Å². The minimum Gasteiger partial charge on any atom is -0.591 e. The first-order chi connectivity index (χ1) is 11.9. The number of hydrogen-bond acceptors (Lipinski definition) is 4. The van der Waals surface area contributed by atoms with Crippen LogP contribution in [-0.4, -0.2) is 27.8 Å². The second-order valence-electron chi connectivity index (χ2n) is 7.08. The number of benzene rings is 2. The van der Waals surface area contributed by atoms with Crippen molar-refractivity contribution in [2.45, 2.75) is 37.0 Å². The Kier molecular flexibility index (Phi) is 5.77. The summed E-state index contributed by atoms with van der Waals surface area (Å²) in [6, 6.07) is 16.9. The molecule has 3 rings (SSSR count). The first-order valence-corrected chi connectivity index (χ1v) is 10.5. The van der Waals surface area contributed by atoms with Gasteiger partial charge in [0.25, 0.3) is 0 Å². The van der Waals surface area contributed by atoms with E-state index >= 15 is 0 Å². The molecule has 2 aromatic carbocycles. The van der Waals surface area contributed by atoms with Crippen LogP contribution < -0.4 is 4.90 Å². The van der Waals surface area contributed by atoms with E-state index in [9.17, 15) is 4.55 Å². The van der Waals surface area contributed by atoms with E-state index in [0.29, 0.717) is 0 Å². The topological polar surface area (TPSA) is 38.7 Å². The quantitative estimate of drug-likeness (QED) is 0.578. The van der Waals surface area contributed by atoms with Crippen LogP contribution in [-0.2, 0) is 17.9 Å². The van der Waals surface area contributed by atoms with E-state index in [1.807, 2.05) is 38.6 Å². The van der Waals surface area contributed by atoms with E-state index in [1.165, 1.54) is 16.1 Å². The molecule has 25 heavy (non-hydrogen) atoms. The van der Waals surface area contributed by atoms with E-state index in [4.69, 9.17) is 0 Å². The highest BCUT2D eigenvalue weighted by atomic mass is 32.2. The average Bonchev–Trinajstić information content (AvgIpc) is 2.60. The Bertz CT molecular complexity index is 741. The highest BCUT2D eigenvalue weighted by Crippen LogP contribution is 2.36. The lowest BCUT2D eigenvalue weighted by molar-refractivity contribution is 0.562. The summed E-state index contributed by atoms with van der Waals surface area (Å²) < 4.78 is 16.0. The molecule has 132 valence electrons. The van der Waals surface area contributed by atoms with Crippen LogP contribution in [0.4, 0.5) is 5.69 Å². The number of hydrogen-bond donors (Lipinski definition) is 0. The van der Waals surface area contributed by atoms with Crippen molar-refractivity contribution in [3.05, 3.63) is 59.7 Å². The van der Waals surface area contributed by atoms with Gasteiger partial charge in [0.1, 0.15) is 16.1 Å². The van der Waals surface area contributed by atoms with Crippen LogP contribution >= 0.6 is 11.8 Å². The average molecular weight is 373 g/mol. The molecule has 0 saturated carbocycles. The third-order valence-electron chi connectivity index (χ3n) is 3.98. The maximum Gasteiger partial charge on any atom is 0.144 e. The van der Waals surface area contributed by atoms with E-state index in [1.54, 1.807) is 6.21 Å². The van der Waals surface area contributed by atoms with Crippen LogP contribution in [0.5, 0.6) is 0 Å². The SMILES string of the molecule is CC(C)(C)[S+]([O-])N=Cc1ccc2c(c1)N(Cc1ccccc1)CCS2. The van der Waals surface area contributed by atoms with Crippen molar-refractivity contribution in [3.63, 3.8) is 0 Å². The lowest BCUT2D eigenvalue weighted by Gasteiger charge is -2.31. The molecule has 0 N–H and O–H groups in total. The van der Waals surface area contributed by atoms with E-state index < -0.39 is 11.4 Å². The first kappa shape index (κ1) is 18.4. The molecule has 0 bridgehead atoms. The Morgan fingerprint density at radius 1 is 1.20 bits per heavy atom. The van der Waals surface area contributed by atoms with Crippen molar-refractivity contribution in [3.8, 4) is 0 Å². The van der Waals surface area contributed by atoms with Gasteiger partial charge >= 0.3 is 0 Å². The van der Waals surface area contributed by atoms with Crippen LogP contribution in [0.3, 0.4) is 0 Å². The van der Waals surface area contributed by atoms with Gasteiger partial charge in [-0.2, -0.15) is 0 Å². The minimum absolute atomic E-state index is 0.333. The molecule has 5 heteroatoms. The predicted octanol–water partition coefficient (Wildman–Crippen LogP) is 4.68. The summed E-state index contributed by atoms with van der Waals surface area (Å²) in [6.07, 6.45) is 1.74. The molecule has 2 aromatic rings.